The molecular weight excluding hydrogens is 530 g/mol. The van der Waals surface area contributed by atoms with Crippen LogP contribution in [0.5, 0.6) is 0 Å². The molecule has 0 radical (unpaired) electrons. The van der Waals surface area contributed by atoms with Crippen LogP contribution in [0.25, 0.3) is 0 Å². The summed E-state index contributed by atoms with van der Waals surface area (Å²) < 4.78 is 76.0. The number of nitrogens with zero attached hydrogens (tertiary/aromatic N) is 4. The number of anilines is 1. The van der Waals surface area contributed by atoms with Gasteiger partial charge in [0.1, 0.15) is 0 Å². The first-order valence-corrected chi connectivity index (χ1v) is 13.6. The van der Waals surface area contributed by atoms with Crippen LogP contribution in [0.2, 0.25) is 0 Å². The molecule has 2 fully saturated rings. The van der Waals surface area contributed by atoms with Crippen LogP contribution in [-0.4, -0.2) is 91.2 Å². The average molecular weight is 563 g/mol. The monoisotopic (exact) mass is 562 g/mol. The molecule has 0 spiro atoms. The Balaban J connectivity index is 1.13. The molecule has 1 amide bonds. The van der Waals surface area contributed by atoms with Gasteiger partial charge >= 0.3 is 11.7 Å². The van der Waals surface area contributed by atoms with E-state index in [1.165, 1.54) is 18.2 Å². The fourth-order valence-electron chi connectivity index (χ4n) is 5.07. The first kappa shape index (κ1) is 28.7. The van der Waals surface area contributed by atoms with E-state index < -0.39 is 17.3 Å². The molecular formula is C26H32F6N4OS. The van der Waals surface area contributed by atoms with Crippen LogP contribution in [-0.2, 0) is 4.79 Å². The molecule has 2 saturated heterocycles. The van der Waals surface area contributed by atoms with Gasteiger partial charge in [-0.1, -0.05) is 6.08 Å². The molecule has 210 valence electrons. The van der Waals surface area contributed by atoms with Crippen molar-refractivity contribution in [3.8, 4) is 0 Å². The summed E-state index contributed by atoms with van der Waals surface area (Å²) in [5, 5.41) is 0. The zero-order valence-corrected chi connectivity index (χ0v) is 21.8. The second-order valence-corrected chi connectivity index (χ2v) is 10.8. The highest BCUT2D eigenvalue weighted by molar-refractivity contribution is 8.00. The van der Waals surface area contributed by atoms with Gasteiger partial charge in [0.25, 0.3) is 0 Å². The number of piperazine rings is 2. The number of alkyl halides is 6. The molecule has 38 heavy (non-hydrogen) atoms. The topological polar surface area (TPSA) is 30.0 Å². The number of allylic oxidation sites excluding steroid dienone is 4. The predicted molar refractivity (Wildman–Crippen MR) is 136 cm³/mol. The Morgan fingerprint density at radius 3 is 1.97 bits per heavy atom. The molecule has 2 heterocycles. The molecule has 2 aliphatic heterocycles. The van der Waals surface area contributed by atoms with Crippen molar-refractivity contribution in [2.24, 2.45) is 0 Å². The number of amides is 1. The van der Waals surface area contributed by atoms with Gasteiger partial charge < -0.3 is 14.7 Å². The van der Waals surface area contributed by atoms with E-state index in [1.54, 1.807) is 18.2 Å². The summed E-state index contributed by atoms with van der Waals surface area (Å²) in [6, 6.07) is 6.31. The van der Waals surface area contributed by atoms with Gasteiger partial charge in [-0.15, -0.1) is 0 Å². The lowest BCUT2D eigenvalue weighted by Gasteiger charge is -2.38. The fourth-order valence-corrected chi connectivity index (χ4v) is 5.61. The number of benzene rings is 1. The van der Waals surface area contributed by atoms with Gasteiger partial charge in [0.2, 0.25) is 5.91 Å². The first-order chi connectivity index (χ1) is 18.0. The summed E-state index contributed by atoms with van der Waals surface area (Å²) in [6.07, 6.45) is 0.193. The number of carbonyl (C=O) groups is 1. The lowest BCUT2D eigenvalue weighted by atomic mass is 10.0. The van der Waals surface area contributed by atoms with Gasteiger partial charge in [0.05, 0.1) is 0 Å². The Morgan fingerprint density at radius 1 is 0.789 bits per heavy atom. The molecule has 4 rings (SSSR count). The highest BCUT2D eigenvalue weighted by Gasteiger charge is 2.34. The van der Waals surface area contributed by atoms with Crippen molar-refractivity contribution in [2.45, 2.75) is 42.3 Å². The van der Waals surface area contributed by atoms with Crippen molar-refractivity contribution < 1.29 is 31.1 Å². The summed E-state index contributed by atoms with van der Waals surface area (Å²) in [6.45, 7) is 6.41. The van der Waals surface area contributed by atoms with E-state index in [0.29, 0.717) is 39.0 Å². The van der Waals surface area contributed by atoms with Crippen LogP contribution in [0.3, 0.4) is 0 Å². The number of hydrogen-bond donors (Lipinski definition) is 0. The molecule has 0 N–H and O–H groups in total. The van der Waals surface area contributed by atoms with Crippen LogP contribution >= 0.6 is 11.8 Å². The number of carbonyl (C=O) groups excluding carboxylic acids is 1. The quantitative estimate of drug-likeness (QED) is 0.323. The Morgan fingerprint density at radius 2 is 1.42 bits per heavy atom. The fraction of sp³-hybridized carbons (Fsp3) is 0.577. The molecule has 1 aliphatic carbocycles. The molecule has 3 aliphatic rings. The third-order valence-corrected chi connectivity index (χ3v) is 7.94. The smallest absolute Gasteiger partial charge is 0.372 e. The van der Waals surface area contributed by atoms with E-state index in [4.69, 9.17) is 0 Å². The molecule has 0 aromatic heterocycles. The summed E-state index contributed by atoms with van der Waals surface area (Å²) in [5.74, 6) is 0.111. The lowest BCUT2D eigenvalue weighted by Crippen LogP contribution is -2.49. The third-order valence-electron chi connectivity index (χ3n) is 7.20. The first-order valence-electron chi connectivity index (χ1n) is 12.8. The predicted octanol–water partition coefficient (Wildman–Crippen LogP) is 5.51. The van der Waals surface area contributed by atoms with Crippen LogP contribution in [0.4, 0.5) is 32.0 Å². The molecule has 12 heteroatoms. The number of rotatable bonds is 7. The van der Waals surface area contributed by atoms with E-state index in [1.807, 2.05) is 4.90 Å². The normalized spacial score (nSPS) is 19.9. The average Bonchev–Trinajstić information content (AvgIpc) is 2.88. The molecule has 5 nitrogen and oxygen atoms in total. The van der Waals surface area contributed by atoms with Gasteiger partial charge in [0, 0.05) is 80.6 Å². The minimum absolute atomic E-state index is 0.0271. The van der Waals surface area contributed by atoms with Crippen molar-refractivity contribution >= 4 is 23.4 Å². The van der Waals surface area contributed by atoms with E-state index in [9.17, 15) is 31.1 Å². The number of hydrogen-bond acceptors (Lipinski definition) is 5. The van der Waals surface area contributed by atoms with Gasteiger partial charge in [-0.2, -0.15) is 26.3 Å². The Hall–Kier alpha value is -2.34. The van der Waals surface area contributed by atoms with Crippen molar-refractivity contribution in [1.82, 2.24) is 14.7 Å². The number of thioether (sulfide) groups is 1. The second kappa shape index (κ2) is 12.2. The van der Waals surface area contributed by atoms with Crippen molar-refractivity contribution in [3.05, 3.63) is 47.7 Å². The molecule has 0 bridgehead atoms. The Kier molecular flexibility index (Phi) is 9.23. The second-order valence-electron chi connectivity index (χ2n) is 9.69. The van der Waals surface area contributed by atoms with E-state index in [-0.39, 0.29) is 29.0 Å². The van der Waals surface area contributed by atoms with Gasteiger partial charge in [0.15, 0.2) is 0 Å². The van der Waals surface area contributed by atoms with Crippen LogP contribution in [0, 0.1) is 0 Å². The van der Waals surface area contributed by atoms with Crippen molar-refractivity contribution in [2.75, 3.05) is 63.8 Å². The molecule has 0 saturated carbocycles. The van der Waals surface area contributed by atoms with E-state index >= 15 is 0 Å². The van der Waals surface area contributed by atoms with Crippen LogP contribution in [0.15, 0.2) is 52.6 Å². The summed E-state index contributed by atoms with van der Waals surface area (Å²) in [4.78, 5) is 21.2. The highest BCUT2D eigenvalue weighted by Crippen LogP contribution is 2.37. The Labute approximate surface area is 223 Å². The van der Waals surface area contributed by atoms with Crippen molar-refractivity contribution in [3.63, 3.8) is 0 Å². The van der Waals surface area contributed by atoms with Crippen molar-refractivity contribution in [1.29, 1.82) is 0 Å². The maximum Gasteiger partial charge on any atom is 0.446 e. The minimum Gasteiger partial charge on any atom is -0.372 e. The lowest BCUT2D eigenvalue weighted by molar-refractivity contribution is -0.131. The summed E-state index contributed by atoms with van der Waals surface area (Å²) in [7, 11) is 0. The van der Waals surface area contributed by atoms with Crippen LogP contribution < -0.4 is 4.90 Å². The molecule has 1 aromatic rings. The molecule has 1 aromatic carbocycles. The van der Waals surface area contributed by atoms with Crippen LogP contribution in [0.1, 0.15) is 25.7 Å². The van der Waals surface area contributed by atoms with E-state index in [2.05, 4.69) is 14.7 Å². The standard InChI is InChI=1S/C26H32F6N4OS/c27-25(28,29)20-3-5-21(6-4-20)34-14-12-33(13-15-34)11-1-2-24(37)36-18-16-35(17-19-36)22-7-9-23(10-8-22)38-26(30,31)32/h3,5,7-10H,1-2,4,6,11-19H2. The third kappa shape index (κ3) is 8.08. The van der Waals surface area contributed by atoms with Gasteiger partial charge in [-0.25, -0.2) is 0 Å². The largest absolute Gasteiger partial charge is 0.446 e. The maximum atomic E-state index is 12.8. The molecule has 0 atom stereocenters. The summed E-state index contributed by atoms with van der Waals surface area (Å²) >= 11 is -0.130. The zero-order chi connectivity index (χ0) is 27.3. The van der Waals surface area contributed by atoms with E-state index in [0.717, 1.165) is 50.5 Å². The maximum absolute atomic E-state index is 12.8. The SMILES string of the molecule is O=C(CCCN1CCN(C2=CC=C(C(F)(F)F)CC2)CC1)N1CCN(c2ccc(SC(F)(F)F)cc2)CC1. The summed E-state index contributed by atoms with van der Waals surface area (Å²) in [5.41, 5.74) is -2.96. The molecule has 0 unspecified atom stereocenters. The van der Waals surface area contributed by atoms with Gasteiger partial charge in [-0.3, -0.25) is 9.69 Å². The zero-order valence-electron chi connectivity index (χ0n) is 21.0. The highest BCUT2D eigenvalue weighted by atomic mass is 32.2. The number of halogens is 6. The van der Waals surface area contributed by atoms with Gasteiger partial charge in [-0.05, 0) is 67.9 Å². The Bertz CT molecular complexity index is 1010. The minimum atomic E-state index is -4.31.